The van der Waals surface area contributed by atoms with Gasteiger partial charge in [0.1, 0.15) is 6.10 Å². The van der Waals surface area contributed by atoms with Gasteiger partial charge in [-0.2, -0.15) is 0 Å². The molecule has 0 spiro atoms. The second-order valence-electron chi connectivity index (χ2n) is 8.24. The van der Waals surface area contributed by atoms with E-state index >= 15 is 0 Å². The van der Waals surface area contributed by atoms with E-state index in [1.54, 1.807) is 6.92 Å². The summed E-state index contributed by atoms with van der Waals surface area (Å²) in [7, 11) is 1.40. The number of aromatic nitrogens is 1. The predicted octanol–water partition coefficient (Wildman–Crippen LogP) is 4.39. The third kappa shape index (κ3) is 8.57. The van der Waals surface area contributed by atoms with Crippen molar-refractivity contribution in [3.05, 3.63) is 18.0 Å². The number of ether oxygens (including phenoxy) is 4. The summed E-state index contributed by atoms with van der Waals surface area (Å²) < 4.78 is 21.9. The highest BCUT2D eigenvalue weighted by atomic mass is 16.6. The SMILES string of the molecule is CCCCCO[C@@H](C)[C@H](OC(=O)[C@H](C)CC(=O)c1nccc(OC)c1OC(C)=O)C(C)C. The molecule has 0 bridgehead atoms. The van der Waals surface area contributed by atoms with Gasteiger partial charge in [0.05, 0.1) is 19.1 Å². The number of ketones is 1. The summed E-state index contributed by atoms with van der Waals surface area (Å²) in [6, 6.07) is 1.49. The Morgan fingerprint density at radius 1 is 1.09 bits per heavy atom. The van der Waals surface area contributed by atoms with Crippen molar-refractivity contribution in [2.45, 2.75) is 79.4 Å². The third-order valence-corrected chi connectivity index (χ3v) is 4.99. The van der Waals surface area contributed by atoms with E-state index in [1.807, 2.05) is 20.8 Å². The molecule has 8 nitrogen and oxygen atoms in total. The van der Waals surface area contributed by atoms with E-state index in [4.69, 9.17) is 18.9 Å². The molecule has 0 aliphatic carbocycles. The zero-order valence-electron chi connectivity index (χ0n) is 20.3. The molecule has 1 heterocycles. The summed E-state index contributed by atoms with van der Waals surface area (Å²) in [6.45, 7) is 11.4. The van der Waals surface area contributed by atoms with Crippen molar-refractivity contribution in [3.63, 3.8) is 0 Å². The van der Waals surface area contributed by atoms with Crippen LogP contribution in [0.15, 0.2) is 12.3 Å². The van der Waals surface area contributed by atoms with E-state index in [0.717, 1.165) is 19.3 Å². The molecule has 0 saturated carbocycles. The van der Waals surface area contributed by atoms with Crippen LogP contribution < -0.4 is 9.47 Å². The van der Waals surface area contributed by atoms with Crippen LogP contribution in [0.25, 0.3) is 0 Å². The Morgan fingerprint density at radius 3 is 2.34 bits per heavy atom. The maximum Gasteiger partial charge on any atom is 0.309 e. The van der Waals surface area contributed by atoms with Crippen LogP contribution in [-0.2, 0) is 19.1 Å². The molecule has 0 aliphatic rings. The van der Waals surface area contributed by atoms with Gasteiger partial charge in [-0.3, -0.25) is 14.4 Å². The number of Topliss-reactive ketones (excluding diaryl/α,β-unsaturated/α-hetero) is 1. The minimum Gasteiger partial charge on any atom is -0.493 e. The lowest BCUT2D eigenvalue weighted by molar-refractivity contribution is -0.165. The summed E-state index contributed by atoms with van der Waals surface area (Å²) in [5.74, 6) is -2.05. The standard InChI is InChI=1S/C24H37NO7/c1-8-9-10-13-30-17(5)22(15(2)3)32-24(28)16(4)14-19(27)21-23(31-18(6)26)20(29-7)11-12-25-21/h11-12,15-17,22H,8-10,13-14H2,1-7H3/t16-,17+,22-/m1/s1. The monoisotopic (exact) mass is 451 g/mol. The summed E-state index contributed by atoms with van der Waals surface area (Å²) in [6.07, 6.45) is 3.71. The molecule has 1 rings (SSSR count). The van der Waals surface area contributed by atoms with Gasteiger partial charge in [-0.05, 0) is 19.3 Å². The van der Waals surface area contributed by atoms with Crippen LogP contribution in [0, 0.1) is 11.8 Å². The lowest BCUT2D eigenvalue weighted by Crippen LogP contribution is -2.37. The van der Waals surface area contributed by atoms with Crippen molar-refractivity contribution in [2.75, 3.05) is 13.7 Å². The molecular weight excluding hydrogens is 414 g/mol. The topological polar surface area (TPSA) is 101 Å². The minimum absolute atomic E-state index is 0.0535. The van der Waals surface area contributed by atoms with E-state index in [1.165, 1.54) is 26.3 Å². The highest BCUT2D eigenvalue weighted by molar-refractivity contribution is 5.99. The minimum atomic E-state index is -0.714. The molecule has 0 radical (unpaired) electrons. The third-order valence-electron chi connectivity index (χ3n) is 4.99. The predicted molar refractivity (Wildman–Crippen MR) is 120 cm³/mol. The Bertz CT molecular complexity index is 763. The van der Waals surface area contributed by atoms with E-state index in [-0.39, 0.29) is 35.6 Å². The molecular formula is C24H37NO7. The van der Waals surface area contributed by atoms with Gasteiger partial charge in [0, 0.05) is 32.2 Å². The number of carbonyl (C=O) groups is 3. The smallest absolute Gasteiger partial charge is 0.309 e. The number of hydrogen-bond acceptors (Lipinski definition) is 8. The average Bonchev–Trinajstić information content (AvgIpc) is 2.73. The molecule has 8 heteroatoms. The van der Waals surface area contributed by atoms with Crippen LogP contribution >= 0.6 is 0 Å². The van der Waals surface area contributed by atoms with Gasteiger partial charge in [0.15, 0.2) is 17.2 Å². The van der Waals surface area contributed by atoms with Crippen molar-refractivity contribution in [1.82, 2.24) is 4.98 Å². The zero-order valence-corrected chi connectivity index (χ0v) is 20.3. The molecule has 1 aromatic heterocycles. The van der Waals surface area contributed by atoms with Gasteiger partial charge in [-0.15, -0.1) is 0 Å². The second-order valence-corrected chi connectivity index (χ2v) is 8.24. The van der Waals surface area contributed by atoms with Crippen molar-refractivity contribution in [1.29, 1.82) is 0 Å². The molecule has 0 aromatic carbocycles. The molecule has 3 atom stereocenters. The molecule has 1 aromatic rings. The molecule has 0 fully saturated rings. The number of carbonyl (C=O) groups excluding carboxylic acids is 3. The van der Waals surface area contributed by atoms with Crippen molar-refractivity contribution < 1.29 is 33.3 Å². The van der Waals surface area contributed by atoms with Crippen LogP contribution in [-0.4, -0.2) is 48.6 Å². The quantitative estimate of drug-likeness (QED) is 0.233. The fraction of sp³-hybridized carbons (Fsp3) is 0.667. The number of methoxy groups -OCH3 is 1. The number of nitrogens with zero attached hydrogens (tertiary/aromatic N) is 1. The van der Waals surface area contributed by atoms with Gasteiger partial charge in [-0.1, -0.05) is 40.5 Å². The van der Waals surface area contributed by atoms with Gasteiger partial charge >= 0.3 is 11.9 Å². The maximum atomic E-state index is 12.8. The van der Waals surface area contributed by atoms with Crippen LogP contribution in [0.5, 0.6) is 11.5 Å². The first-order valence-corrected chi connectivity index (χ1v) is 11.2. The highest BCUT2D eigenvalue weighted by Crippen LogP contribution is 2.31. The fourth-order valence-electron chi connectivity index (χ4n) is 3.23. The largest absolute Gasteiger partial charge is 0.493 e. The number of esters is 2. The number of rotatable bonds is 14. The van der Waals surface area contributed by atoms with Crippen molar-refractivity contribution in [2.24, 2.45) is 11.8 Å². The molecule has 0 aliphatic heterocycles. The summed E-state index contributed by atoms with van der Waals surface area (Å²) in [5.41, 5.74) is -0.0627. The van der Waals surface area contributed by atoms with Crippen LogP contribution in [0.3, 0.4) is 0 Å². The Hall–Kier alpha value is -2.48. The van der Waals surface area contributed by atoms with E-state index in [9.17, 15) is 14.4 Å². The Morgan fingerprint density at radius 2 is 1.78 bits per heavy atom. The highest BCUT2D eigenvalue weighted by Gasteiger charge is 2.30. The van der Waals surface area contributed by atoms with Crippen molar-refractivity contribution >= 4 is 17.7 Å². The fourth-order valence-corrected chi connectivity index (χ4v) is 3.23. The summed E-state index contributed by atoms with van der Waals surface area (Å²) in [4.78, 5) is 41.1. The molecule has 0 saturated heterocycles. The lowest BCUT2D eigenvalue weighted by Gasteiger charge is -2.28. The number of unbranched alkanes of at least 4 members (excludes halogenated alkanes) is 2. The molecule has 0 amide bonds. The Balaban J connectivity index is 2.84. The van der Waals surface area contributed by atoms with E-state index in [0.29, 0.717) is 6.61 Å². The lowest BCUT2D eigenvalue weighted by atomic mass is 10.00. The average molecular weight is 452 g/mol. The van der Waals surface area contributed by atoms with Gasteiger partial charge in [-0.25, -0.2) is 4.98 Å². The van der Waals surface area contributed by atoms with Crippen LogP contribution in [0.2, 0.25) is 0 Å². The maximum absolute atomic E-state index is 12.8. The van der Waals surface area contributed by atoms with E-state index in [2.05, 4.69) is 11.9 Å². The summed E-state index contributed by atoms with van der Waals surface area (Å²) >= 11 is 0. The van der Waals surface area contributed by atoms with Crippen molar-refractivity contribution in [3.8, 4) is 11.5 Å². The molecule has 0 N–H and O–H groups in total. The normalized spacial score (nSPS) is 13.9. The molecule has 0 unspecified atom stereocenters. The second kappa shape index (κ2) is 13.8. The summed E-state index contributed by atoms with van der Waals surface area (Å²) in [5, 5.41) is 0. The first-order valence-electron chi connectivity index (χ1n) is 11.2. The molecule has 180 valence electrons. The number of hydrogen-bond donors (Lipinski definition) is 0. The van der Waals surface area contributed by atoms with Gasteiger partial charge in [0.2, 0.25) is 5.75 Å². The van der Waals surface area contributed by atoms with Gasteiger partial charge < -0.3 is 18.9 Å². The first kappa shape index (κ1) is 27.6. The van der Waals surface area contributed by atoms with Crippen LogP contribution in [0.4, 0.5) is 0 Å². The molecule has 32 heavy (non-hydrogen) atoms. The van der Waals surface area contributed by atoms with Crippen LogP contribution in [0.1, 0.15) is 77.7 Å². The number of pyridine rings is 1. The van der Waals surface area contributed by atoms with Gasteiger partial charge in [0.25, 0.3) is 0 Å². The zero-order chi connectivity index (χ0) is 24.3. The van der Waals surface area contributed by atoms with E-state index < -0.39 is 29.7 Å². The Labute approximate surface area is 191 Å². The first-order chi connectivity index (χ1) is 15.1. The Kier molecular flexibility index (Phi) is 11.9.